The largest absolute Gasteiger partial charge is 0.508 e. The smallest absolute Gasteiger partial charge is 0.174 e. The number of aromatic nitrogens is 1. The molecule has 0 spiro atoms. The SMILES string of the molecule is Cc1ccc(-c2ccc(C3C(c4ccccn4)NC(=S)N3c3ccc(O)cc3)o2)c(Br)c1. The number of aryl methyl sites for hydroxylation is 1. The standard InChI is InChI=1S/C25H20BrN3O2S/c1-15-5-10-18(19(26)14-15)21-11-12-22(31-21)24-23(20-4-2-3-13-27-20)28-25(32)29(24)16-6-8-17(30)9-7-16/h2-14,23-24,30H,1H3,(H,28,32). The minimum absolute atomic E-state index is 0.196. The number of hydrogen-bond donors (Lipinski definition) is 2. The van der Waals surface area contributed by atoms with Crippen molar-refractivity contribution in [3.8, 4) is 17.1 Å². The summed E-state index contributed by atoms with van der Waals surface area (Å²) < 4.78 is 7.38. The lowest BCUT2D eigenvalue weighted by Crippen LogP contribution is -2.29. The number of phenolic OH excluding ortho intramolecular Hbond substituents is 1. The second-order valence-electron chi connectivity index (χ2n) is 7.70. The van der Waals surface area contributed by atoms with Crippen LogP contribution in [-0.2, 0) is 0 Å². The van der Waals surface area contributed by atoms with Crippen molar-refractivity contribution in [2.24, 2.45) is 0 Å². The molecule has 1 fully saturated rings. The molecule has 2 aromatic heterocycles. The summed E-state index contributed by atoms with van der Waals surface area (Å²) in [6.07, 6.45) is 1.78. The van der Waals surface area contributed by atoms with Crippen molar-refractivity contribution in [3.63, 3.8) is 0 Å². The topological polar surface area (TPSA) is 61.5 Å². The highest BCUT2D eigenvalue weighted by atomic mass is 79.9. The number of rotatable bonds is 4. The third kappa shape index (κ3) is 3.78. The zero-order valence-corrected chi connectivity index (χ0v) is 19.6. The van der Waals surface area contributed by atoms with Crippen molar-refractivity contribution in [3.05, 3.63) is 100 Å². The molecule has 0 saturated carbocycles. The van der Waals surface area contributed by atoms with Gasteiger partial charge in [-0.15, -0.1) is 0 Å². The number of halogens is 1. The lowest BCUT2D eigenvalue weighted by atomic mass is 10.0. The summed E-state index contributed by atoms with van der Waals surface area (Å²) in [6.45, 7) is 2.06. The Morgan fingerprint density at radius 2 is 1.88 bits per heavy atom. The van der Waals surface area contributed by atoms with Gasteiger partial charge in [0.25, 0.3) is 0 Å². The Labute approximate surface area is 199 Å². The zero-order valence-electron chi connectivity index (χ0n) is 17.2. The van der Waals surface area contributed by atoms with E-state index in [0.717, 1.165) is 32.9 Å². The van der Waals surface area contributed by atoms with Crippen LogP contribution in [0.25, 0.3) is 11.3 Å². The van der Waals surface area contributed by atoms with Gasteiger partial charge < -0.3 is 19.7 Å². The summed E-state index contributed by atoms with van der Waals surface area (Å²) in [4.78, 5) is 6.58. The van der Waals surface area contributed by atoms with Crippen molar-refractivity contribution in [1.82, 2.24) is 10.3 Å². The Kier molecular flexibility index (Phi) is 5.45. The number of nitrogens with zero attached hydrogens (tertiary/aromatic N) is 2. The van der Waals surface area contributed by atoms with Gasteiger partial charge in [0.15, 0.2) is 5.11 Å². The molecule has 2 unspecified atom stereocenters. The molecular formula is C25H20BrN3O2S. The first kappa shape index (κ1) is 20.7. The average Bonchev–Trinajstić information content (AvgIpc) is 3.39. The lowest BCUT2D eigenvalue weighted by molar-refractivity contribution is 0.439. The summed E-state index contributed by atoms with van der Waals surface area (Å²) >= 11 is 9.37. The van der Waals surface area contributed by atoms with Crippen molar-refractivity contribution >= 4 is 38.9 Å². The molecular weight excluding hydrogens is 486 g/mol. The minimum atomic E-state index is -0.250. The summed E-state index contributed by atoms with van der Waals surface area (Å²) in [5.41, 5.74) is 3.89. The van der Waals surface area contributed by atoms with Gasteiger partial charge in [-0.3, -0.25) is 4.98 Å². The maximum atomic E-state index is 9.75. The molecule has 0 bridgehead atoms. The highest BCUT2D eigenvalue weighted by molar-refractivity contribution is 9.10. The molecule has 3 heterocycles. The molecule has 32 heavy (non-hydrogen) atoms. The van der Waals surface area contributed by atoms with E-state index >= 15 is 0 Å². The number of anilines is 1. The Morgan fingerprint density at radius 1 is 1.06 bits per heavy atom. The average molecular weight is 506 g/mol. The first-order valence-corrected chi connectivity index (χ1v) is 11.4. The van der Waals surface area contributed by atoms with Crippen LogP contribution in [0.5, 0.6) is 5.75 Å². The summed E-state index contributed by atoms with van der Waals surface area (Å²) in [5, 5.41) is 13.7. The maximum Gasteiger partial charge on any atom is 0.174 e. The second kappa shape index (κ2) is 8.41. The Morgan fingerprint density at radius 3 is 2.59 bits per heavy atom. The van der Waals surface area contributed by atoms with E-state index < -0.39 is 0 Å². The quantitative estimate of drug-likeness (QED) is 0.317. The van der Waals surface area contributed by atoms with Crippen molar-refractivity contribution in [1.29, 1.82) is 0 Å². The van der Waals surface area contributed by atoms with E-state index in [1.165, 1.54) is 5.56 Å². The monoisotopic (exact) mass is 505 g/mol. The Balaban J connectivity index is 1.60. The predicted molar refractivity (Wildman–Crippen MR) is 133 cm³/mol. The van der Waals surface area contributed by atoms with Crippen LogP contribution < -0.4 is 10.2 Å². The fourth-order valence-electron chi connectivity index (χ4n) is 4.01. The van der Waals surface area contributed by atoms with Crippen LogP contribution in [-0.4, -0.2) is 15.2 Å². The Hall–Kier alpha value is -3.16. The van der Waals surface area contributed by atoms with Crippen LogP contribution in [0.15, 0.2) is 87.9 Å². The number of nitrogens with one attached hydrogen (secondary N) is 1. The van der Waals surface area contributed by atoms with Gasteiger partial charge in [0.1, 0.15) is 23.3 Å². The van der Waals surface area contributed by atoms with Crippen LogP contribution in [0.2, 0.25) is 0 Å². The molecule has 2 aromatic carbocycles. The van der Waals surface area contributed by atoms with Crippen LogP contribution >= 0.6 is 28.1 Å². The highest BCUT2D eigenvalue weighted by Gasteiger charge is 2.42. The van der Waals surface area contributed by atoms with Crippen LogP contribution in [0, 0.1) is 6.92 Å². The number of aromatic hydroxyl groups is 1. The third-order valence-corrected chi connectivity index (χ3v) is 6.50. The fraction of sp³-hybridized carbons (Fsp3) is 0.120. The van der Waals surface area contributed by atoms with Crippen LogP contribution in [0.1, 0.15) is 29.1 Å². The minimum Gasteiger partial charge on any atom is -0.508 e. The molecule has 2 atom stereocenters. The van der Waals surface area contributed by atoms with E-state index in [0.29, 0.717) is 5.11 Å². The first-order valence-electron chi connectivity index (χ1n) is 10.2. The van der Waals surface area contributed by atoms with Crippen molar-refractivity contribution in [2.45, 2.75) is 19.0 Å². The van der Waals surface area contributed by atoms with Gasteiger partial charge in [0.05, 0.1) is 11.7 Å². The third-order valence-electron chi connectivity index (χ3n) is 5.53. The molecule has 5 nitrogen and oxygen atoms in total. The number of phenols is 1. The molecule has 7 heteroatoms. The molecule has 5 rings (SSSR count). The maximum absolute atomic E-state index is 9.75. The normalized spacial score (nSPS) is 18.1. The van der Waals surface area contributed by atoms with Gasteiger partial charge in [-0.25, -0.2) is 0 Å². The molecule has 160 valence electrons. The molecule has 1 saturated heterocycles. The van der Waals surface area contributed by atoms with Gasteiger partial charge in [-0.2, -0.15) is 0 Å². The number of thiocarbonyl (C=S) groups is 1. The highest BCUT2D eigenvalue weighted by Crippen LogP contribution is 2.43. The number of benzene rings is 2. The first-order chi connectivity index (χ1) is 15.5. The number of furan rings is 1. The van der Waals surface area contributed by atoms with Gasteiger partial charge in [-0.05, 0) is 85.4 Å². The van der Waals surface area contributed by atoms with Crippen LogP contribution in [0.3, 0.4) is 0 Å². The molecule has 0 radical (unpaired) electrons. The van der Waals surface area contributed by atoms with E-state index in [9.17, 15) is 5.11 Å². The van der Waals surface area contributed by atoms with Crippen molar-refractivity contribution in [2.75, 3.05) is 4.90 Å². The molecule has 2 N–H and O–H groups in total. The second-order valence-corrected chi connectivity index (χ2v) is 8.94. The van der Waals surface area contributed by atoms with E-state index in [-0.39, 0.29) is 17.8 Å². The molecule has 1 aliphatic heterocycles. The Bertz CT molecular complexity index is 1270. The molecule has 1 aliphatic rings. The molecule has 0 aliphatic carbocycles. The summed E-state index contributed by atoms with van der Waals surface area (Å²) in [6, 6.07) is 22.5. The van der Waals surface area contributed by atoms with E-state index in [4.69, 9.17) is 16.6 Å². The van der Waals surface area contributed by atoms with Gasteiger partial charge in [-0.1, -0.05) is 28.1 Å². The zero-order chi connectivity index (χ0) is 22.2. The van der Waals surface area contributed by atoms with Gasteiger partial charge >= 0.3 is 0 Å². The van der Waals surface area contributed by atoms with Gasteiger partial charge in [0, 0.05) is 21.9 Å². The number of pyridine rings is 1. The van der Waals surface area contributed by atoms with E-state index in [2.05, 4.69) is 45.3 Å². The predicted octanol–water partition coefficient (Wildman–Crippen LogP) is 6.30. The van der Waals surface area contributed by atoms with Crippen molar-refractivity contribution < 1.29 is 9.52 Å². The fourth-order valence-corrected chi connectivity index (χ4v) is 5.05. The number of hydrogen-bond acceptors (Lipinski definition) is 4. The molecule has 0 amide bonds. The van der Waals surface area contributed by atoms with Gasteiger partial charge in [0.2, 0.25) is 0 Å². The summed E-state index contributed by atoms with van der Waals surface area (Å²) in [5.74, 6) is 1.74. The lowest BCUT2D eigenvalue weighted by Gasteiger charge is -2.26. The van der Waals surface area contributed by atoms with Crippen LogP contribution in [0.4, 0.5) is 5.69 Å². The summed E-state index contributed by atoms with van der Waals surface area (Å²) in [7, 11) is 0. The van der Waals surface area contributed by atoms with E-state index in [1.807, 2.05) is 53.4 Å². The molecule has 4 aromatic rings. The van der Waals surface area contributed by atoms with E-state index in [1.54, 1.807) is 18.3 Å².